The van der Waals surface area contributed by atoms with Crippen molar-refractivity contribution in [2.75, 3.05) is 0 Å². The molecule has 2 nitrogen and oxygen atoms in total. The number of rotatable bonds is 4. The molecule has 2 rings (SSSR count). The monoisotopic (exact) mass is 246 g/mol. The summed E-state index contributed by atoms with van der Waals surface area (Å²) in [6.07, 6.45) is 0.405. The first-order chi connectivity index (χ1) is 8.25. The van der Waals surface area contributed by atoms with Gasteiger partial charge in [-0.2, -0.15) is 0 Å². The third kappa shape index (κ3) is 3.43. The average Bonchev–Trinajstić information content (AvgIpc) is 2.82. The summed E-state index contributed by atoms with van der Waals surface area (Å²) in [6.45, 7) is 2.03. The molecular weight excluding hydrogens is 232 g/mol. The molecule has 0 amide bonds. The van der Waals surface area contributed by atoms with Gasteiger partial charge in [-0.1, -0.05) is 37.3 Å². The van der Waals surface area contributed by atoms with E-state index in [1.807, 2.05) is 48.7 Å². The Morgan fingerprint density at radius 1 is 1.24 bits per heavy atom. The average molecular weight is 246 g/mol. The lowest BCUT2D eigenvalue weighted by atomic mass is 9.98. The summed E-state index contributed by atoms with van der Waals surface area (Å²) in [5.74, 6) is 0.00691. The Bertz CT molecular complexity index is 462. The van der Waals surface area contributed by atoms with E-state index in [4.69, 9.17) is 4.74 Å². The Morgan fingerprint density at radius 3 is 2.65 bits per heavy atom. The Hall–Kier alpha value is -1.61. The molecule has 1 unspecified atom stereocenters. The SMILES string of the molecule is CC(CC(=O)Oc1cccs1)c1ccccc1. The highest BCUT2D eigenvalue weighted by atomic mass is 32.1. The number of esters is 1. The smallest absolute Gasteiger partial charge is 0.312 e. The third-order valence-electron chi connectivity index (χ3n) is 2.55. The number of carbonyl (C=O) groups excluding carboxylic acids is 1. The van der Waals surface area contributed by atoms with Crippen molar-refractivity contribution in [1.82, 2.24) is 0 Å². The van der Waals surface area contributed by atoms with Crippen LogP contribution in [0.25, 0.3) is 0 Å². The highest BCUT2D eigenvalue weighted by Crippen LogP contribution is 2.22. The summed E-state index contributed by atoms with van der Waals surface area (Å²) in [7, 11) is 0. The van der Waals surface area contributed by atoms with Crippen LogP contribution in [0.3, 0.4) is 0 Å². The fourth-order valence-electron chi connectivity index (χ4n) is 1.62. The Kier molecular flexibility index (Phi) is 3.94. The fraction of sp³-hybridized carbons (Fsp3) is 0.214. The number of ether oxygens (including phenoxy) is 1. The predicted molar refractivity (Wildman–Crippen MR) is 69.4 cm³/mol. The molecule has 3 heteroatoms. The second-order valence-corrected chi connectivity index (χ2v) is 4.83. The normalized spacial score (nSPS) is 12.1. The van der Waals surface area contributed by atoms with Crippen molar-refractivity contribution >= 4 is 17.3 Å². The molecule has 0 saturated carbocycles. The van der Waals surface area contributed by atoms with Crippen LogP contribution in [-0.4, -0.2) is 5.97 Å². The zero-order valence-electron chi connectivity index (χ0n) is 9.63. The van der Waals surface area contributed by atoms with Gasteiger partial charge in [0.2, 0.25) is 0 Å². The van der Waals surface area contributed by atoms with E-state index in [1.54, 1.807) is 6.07 Å². The van der Waals surface area contributed by atoms with Crippen LogP contribution < -0.4 is 4.74 Å². The molecule has 0 spiro atoms. The van der Waals surface area contributed by atoms with E-state index in [0.29, 0.717) is 11.5 Å². The fourth-order valence-corrected chi connectivity index (χ4v) is 2.21. The Morgan fingerprint density at radius 2 is 2.00 bits per heavy atom. The summed E-state index contributed by atoms with van der Waals surface area (Å²) in [5.41, 5.74) is 1.16. The van der Waals surface area contributed by atoms with Crippen molar-refractivity contribution in [2.24, 2.45) is 0 Å². The second-order valence-electron chi connectivity index (χ2n) is 3.92. The molecule has 0 aliphatic heterocycles. The zero-order valence-corrected chi connectivity index (χ0v) is 10.4. The summed E-state index contributed by atoms with van der Waals surface area (Å²) >= 11 is 1.43. The van der Waals surface area contributed by atoms with Gasteiger partial charge in [0.05, 0.1) is 6.42 Å². The van der Waals surface area contributed by atoms with Gasteiger partial charge >= 0.3 is 5.97 Å². The topological polar surface area (TPSA) is 26.3 Å². The van der Waals surface area contributed by atoms with Crippen molar-refractivity contribution < 1.29 is 9.53 Å². The molecule has 0 fully saturated rings. The van der Waals surface area contributed by atoms with Gasteiger partial charge in [-0.15, -0.1) is 11.3 Å². The highest BCUT2D eigenvalue weighted by molar-refractivity contribution is 7.11. The molecule has 0 saturated heterocycles. The minimum Gasteiger partial charge on any atom is -0.415 e. The van der Waals surface area contributed by atoms with E-state index >= 15 is 0 Å². The van der Waals surface area contributed by atoms with Gasteiger partial charge in [-0.05, 0) is 29.0 Å². The number of thiophene rings is 1. The first-order valence-corrected chi connectivity index (χ1v) is 6.43. The summed E-state index contributed by atoms with van der Waals surface area (Å²) in [4.78, 5) is 11.7. The van der Waals surface area contributed by atoms with Crippen molar-refractivity contribution in [3.8, 4) is 5.06 Å². The van der Waals surface area contributed by atoms with E-state index in [2.05, 4.69) is 0 Å². The maximum atomic E-state index is 11.7. The van der Waals surface area contributed by atoms with Gasteiger partial charge < -0.3 is 4.74 Å². The van der Waals surface area contributed by atoms with Crippen molar-refractivity contribution in [3.63, 3.8) is 0 Å². The molecule has 1 aromatic carbocycles. The van der Waals surface area contributed by atoms with Gasteiger partial charge in [0.25, 0.3) is 0 Å². The standard InChI is InChI=1S/C14H14O2S/c1-11(12-6-3-2-4-7-12)10-13(15)16-14-8-5-9-17-14/h2-9,11H,10H2,1H3. The molecule has 2 aromatic rings. The lowest BCUT2D eigenvalue weighted by molar-refractivity contribution is -0.134. The number of hydrogen-bond donors (Lipinski definition) is 0. The lowest BCUT2D eigenvalue weighted by Crippen LogP contribution is -2.10. The molecule has 0 aliphatic rings. The first-order valence-electron chi connectivity index (χ1n) is 5.55. The maximum absolute atomic E-state index is 11.7. The Balaban J connectivity index is 1.91. The minimum atomic E-state index is -0.177. The van der Waals surface area contributed by atoms with Gasteiger partial charge in [0.15, 0.2) is 5.06 Å². The number of hydrogen-bond acceptors (Lipinski definition) is 3. The molecule has 0 bridgehead atoms. The van der Waals surface area contributed by atoms with E-state index in [0.717, 1.165) is 5.56 Å². The molecule has 17 heavy (non-hydrogen) atoms. The van der Waals surface area contributed by atoms with Gasteiger partial charge in [0, 0.05) is 0 Å². The zero-order chi connectivity index (χ0) is 12.1. The second kappa shape index (κ2) is 5.64. The van der Waals surface area contributed by atoms with E-state index < -0.39 is 0 Å². The summed E-state index contributed by atoms with van der Waals surface area (Å²) in [5, 5.41) is 2.55. The predicted octanol–water partition coefficient (Wildman–Crippen LogP) is 3.85. The van der Waals surface area contributed by atoms with Crippen molar-refractivity contribution in [3.05, 3.63) is 53.4 Å². The number of benzene rings is 1. The maximum Gasteiger partial charge on any atom is 0.312 e. The van der Waals surface area contributed by atoms with Crippen LogP contribution in [0.4, 0.5) is 0 Å². The van der Waals surface area contributed by atoms with Crippen LogP contribution in [0.5, 0.6) is 5.06 Å². The van der Waals surface area contributed by atoms with E-state index in [9.17, 15) is 4.79 Å². The molecule has 1 atom stereocenters. The molecule has 1 heterocycles. The first kappa shape index (κ1) is 11.9. The van der Waals surface area contributed by atoms with Crippen molar-refractivity contribution in [1.29, 1.82) is 0 Å². The quantitative estimate of drug-likeness (QED) is 0.766. The molecule has 0 radical (unpaired) electrons. The molecule has 0 aliphatic carbocycles. The molecule has 1 aromatic heterocycles. The molecular formula is C14H14O2S. The van der Waals surface area contributed by atoms with Crippen LogP contribution in [0, 0.1) is 0 Å². The van der Waals surface area contributed by atoms with Gasteiger partial charge in [0.1, 0.15) is 0 Å². The van der Waals surface area contributed by atoms with E-state index in [-0.39, 0.29) is 11.9 Å². The lowest BCUT2D eigenvalue weighted by Gasteiger charge is -2.10. The molecule has 88 valence electrons. The van der Waals surface area contributed by atoms with Crippen LogP contribution in [-0.2, 0) is 4.79 Å². The van der Waals surface area contributed by atoms with Crippen LogP contribution in [0.15, 0.2) is 47.8 Å². The minimum absolute atomic E-state index is 0.177. The van der Waals surface area contributed by atoms with Gasteiger partial charge in [-0.25, -0.2) is 0 Å². The van der Waals surface area contributed by atoms with Crippen LogP contribution >= 0.6 is 11.3 Å². The van der Waals surface area contributed by atoms with Crippen LogP contribution in [0.2, 0.25) is 0 Å². The highest BCUT2D eigenvalue weighted by Gasteiger charge is 2.13. The summed E-state index contributed by atoms with van der Waals surface area (Å²) in [6, 6.07) is 13.7. The largest absolute Gasteiger partial charge is 0.415 e. The van der Waals surface area contributed by atoms with Crippen LogP contribution in [0.1, 0.15) is 24.8 Å². The third-order valence-corrected chi connectivity index (χ3v) is 3.30. The van der Waals surface area contributed by atoms with Gasteiger partial charge in [-0.3, -0.25) is 4.79 Å². The van der Waals surface area contributed by atoms with E-state index in [1.165, 1.54) is 11.3 Å². The Labute approximate surface area is 105 Å². The summed E-state index contributed by atoms with van der Waals surface area (Å²) < 4.78 is 5.23. The van der Waals surface area contributed by atoms with Crippen molar-refractivity contribution in [2.45, 2.75) is 19.3 Å². The molecule has 0 N–H and O–H groups in total. The number of carbonyl (C=O) groups is 1.